The Labute approximate surface area is 128 Å². The third-order valence-corrected chi connectivity index (χ3v) is 4.66. The highest BCUT2D eigenvalue weighted by Gasteiger charge is 2.16. The van der Waals surface area contributed by atoms with E-state index in [-0.39, 0.29) is 18.1 Å². The minimum absolute atomic E-state index is 0.00432. The van der Waals surface area contributed by atoms with Crippen LogP contribution in [-0.4, -0.2) is 27.5 Å². The lowest BCUT2D eigenvalue weighted by atomic mass is 9.92. The molecule has 0 aliphatic heterocycles. The second-order valence-corrected chi connectivity index (χ2v) is 6.82. The first-order chi connectivity index (χ1) is 9.77. The molecule has 0 saturated heterocycles. The molecule has 0 heterocycles. The van der Waals surface area contributed by atoms with Crippen molar-refractivity contribution in [3.63, 3.8) is 0 Å². The number of aryl methyl sites for hydroxylation is 2. The molecule has 0 aromatic heterocycles. The highest BCUT2D eigenvalue weighted by atomic mass is 32.2. The lowest BCUT2D eigenvalue weighted by Crippen LogP contribution is -2.16. The van der Waals surface area contributed by atoms with E-state index < -0.39 is 16.8 Å². The predicted octanol–water partition coefficient (Wildman–Crippen LogP) is 2.63. The molecule has 0 bridgehead atoms. The van der Waals surface area contributed by atoms with E-state index in [1.165, 1.54) is 6.92 Å². The van der Waals surface area contributed by atoms with Crippen LogP contribution in [-0.2, 0) is 26.9 Å². The lowest BCUT2D eigenvalue weighted by Gasteiger charge is -2.16. The summed E-state index contributed by atoms with van der Waals surface area (Å²) < 4.78 is 16.5. The van der Waals surface area contributed by atoms with E-state index in [4.69, 9.17) is 4.74 Å². The van der Waals surface area contributed by atoms with E-state index in [1.807, 2.05) is 26.8 Å². The molecule has 4 nitrogen and oxygen atoms in total. The monoisotopic (exact) mass is 310 g/mol. The van der Waals surface area contributed by atoms with Crippen molar-refractivity contribution < 1.29 is 18.5 Å². The van der Waals surface area contributed by atoms with Gasteiger partial charge in [0, 0.05) is 22.1 Å². The van der Waals surface area contributed by atoms with Crippen LogP contribution in [0.15, 0.2) is 6.07 Å². The van der Waals surface area contributed by atoms with Crippen molar-refractivity contribution in [2.24, 2.45) is 0 Å². The van der Waals surface area contributed by atoms with Crippen LogP contribution in [0.3, 0.4) is 0 Å². The molecule has 1 aromatic rings. The summed E-state index contributed by atoms with van der Waals surface area (Å²) in [5.41, 5.74) is 4.30. The van der Waals surface area contributed by atoms with Crippen molar-refractivity contribution in [3.8, 4) is 0 Å². The van der Waals surface area contributed by atoms with Gasteiger partial charge in [0.05, 0.1) is 0 Å². The molecule has 0 aliphatic rings. The van der Waals surface area contributed by atoms with Crippen molar-refractivity contribution >= 4 is 22.6 Å². The van der Waals surface area contributed by atoms with Crippen LogP contribution >= 0.6 is 0 Å². The number of rotatable bonds is 6. The zero-order valence-corrected chi connectivity index (χ0v) is 14.1. The molecule has 21 heavy (non-hydrogen) atoms. The average molecular weight is 310 g/mol. The number of Topliss-reactive ketones (excluding diaryl/α,β-unsaturated/α-hetero) is 1. The Balaban J connectivity index is 2.94. The molecule has 0 spiro atoms. The predicted molar refractivity (Wildman–Crippen MR) is 84.0 cm³/mol. The number of hydrogen-bond acceptors (Lipinski definition) is 4. The van der Waals surface area contributed by atoms with Crippen LogP contribution in [0, 0.1) is 20.8 Å². The summed E-state index contributed by atoms with van der Waals surface area (Å²) >= 11 is 0. The summed E-state index contributed by atoms with van der Waals surface area (Å²) in [7, 11) is -1.17. The molecule has 5 heteroatoms. The fraction of sp³-hybridized carbons (Fsp3) is 0.500. The average Bonchev–Trinajstić information content (AvgIpc) is 2.37. The van der Waals surface area contributed by atoms with Crippen molar-refractivity contribution in [1.82, 2.24) is 0 Å². The molecule has 0 unspecified atom stereocenters. The van der Waals surface area contributed by atoms with Gasteiger partial charge in [-0.1, -0.05) is 13.0 Å². The van der Waals surface area contributed by atoms with Gasteiger partial charge in [-0.05, 0) is 49.9 Å². The smallest absolute Gasteiger partial charge is 0.318 e. The lowest BCUT2D eigenvalue weighted by molar-refractivity contribution is -0.141. The third kappa shape index (κ3) is 4.49. The van der Waals surface area contributed by atoms with Crippen molar-refractivity contribution in [2.45, 2.75) is 41.2 Å². The van der Waals surface area contributed by atoms with Crippen LogP contribution in [0.1, 0.15) is 46.5 Å². The highest BCUT2D eigenvalue weighted by molar-refractivity contribution is 7.85. The Morgan fingerprint density at radius 2 is 1.81 bits per heavy atom. The van der Waals surface area contributed by atoms with Crippen LogP contribution in [0.4, 0.5) is 0 Å². The van der Waals surface area contributed by atoms with Gasteiger partial charge in [-0.15, -0.1) is 0 Å². The van der Waals surface area contributed by atoms with Crippen LogP contribution in [0.2, 0.25) is 0 Å². The summed E-state index contributed by atoms with van der Waals surface area (Å²) in [5.74, 6) is -0.116. The van der Waals surface area contributed by atoms with Gasteiger partial charge in [-0.25, -0.2) is 0 Å². The molecule has 1 atom stereocenters. The van der Waals surface area contributed by atoms with E-state index >= 15 is 0 Å². The highest BCUT2D eigenvalue weighted by Crippen LogP contribution is 2.23. The molecule has 0 radical (unpaired) electrons. The van der Waals surface area contributed by atoms with Crippen LogP contribution < -0.4 is 0 Å². The van der Waals surface area contributed by atoms with Gasteiger partial charge in [-0.2, -0.15) is 0 Å². The molecular weight excluding hydrogens is 288 g/mol. The SMILES string of the molecule is CC[S@](=O)CC(=O)OCc1c(C)cc(C)c(C(C)=O)c1C. The second-order valence-electron chi connectivity index (χ2n) is 5.08. The Hall–Kier alpha value is -1.49. The van der Waals surface area contributed by atoms with Gasteiger partial charge in [0.15, 0.2) is 5.78 Å². The minimum atomic E-state index is -1.17. The quantitative estimate of drug-likeness (QED) is 0.598. The van der Waals surface area contributed by atoms with E-state index in [0.29, 0.717) is 11.3 Å². The van der Waals surface area contributed by atoms with Gasteiger partial charge in [-0.3, -0.25) is 13.8 Å². The summed E-state index contributed by atoms with van der Waals surface area (Å²) in [6.45, 7) is 9.10. The largest absolute Gasteiger partial charge is 0.460 e. The van der Waals surface area contributed by atoms with Gasteiger partial charge >= 0.3 is 5.97 Å². The molecule has 0 N–H and O–H groups in total. The Bertz CT molecular complexity index is 590. The first-order valence-corrected chi connectivity index (χ1v) is 8.37. The third-order valence-electron chi connectivity index (χ3n) is 3.46. The Morgan fingerprint density at radius 1 is 1.19 bits per heavy atom. The number of carbonyl (C=O) groups is 2. The first-order valence-electron chi connectivity index (χ1n) is 6.89. The molecule has 0 fully saturated rings. The second kappa shape index (κ2) is 7.50. The van der Waals surface area contributed by atoms with Crippen LogP contribution in [0.5, 0.6) is 0 Å². The number of benzene rings is 1. The Morgan fingerprint density at radius 3 is 2.33 bits per heavy atom. The van der Waals surface area contributed by atoms with Crippen molar-refractivity contribution in [2.75, 3.05) is 11.5 Å². The molecule has 0 saturated carbocycles. The molecule has 116 valence electrons. The number of ketones is 1. The van der Waals surface area contributed by atoms with E-state index in [2.05, 4.69) is 0 Å². The fourth-order valence-corrected chi connectivity index (χ4v) is 2.97. The molecule has 1 aromatic carbocycles. The fourth-order valence-electron chi connectivity index (χ4n) is 2.42. The van der Waals surface area contributed by atoms with E-state index in [9.17, 15) is 13.8 Å². The Kier molecular flexibility index (Phi) is 6.27. The standard InChI is InChI=1S/C16H22O4S/c1-6-21(19)9-15(18)20-8-14-10(2)7-11(3)16(12(14)4)13(5)17/h7H,6,8-9H2,1-5H3/t21-/m0/s1. The molecule has 0 aliphatic carbocycles. The number of carbonyl (C=O) groups excluding carboxylic acids is 2. The number of hydrogen-bond donors (Lipinski definition) is 0. The van der Waals surface area contributed by atoms with Gasteiger partial charge in [0.25, 0.3) is 0 Å². The molecule has 0 amide bonds. The van der Waals surface area contributed by atoms with E-state index in [0.717, 1.165) is 22.3 Å². The maximum atomic E-state index is 11.7. The minimum Gasteiger partial charge on any atom is -0.460 e. The van der Waals surface area contributed by atoms with Crippen molar-refractivity contribution in [1.29, 1.82) is 0 Å². The summed E-state index contributed by atoms with van der Waals surface area (Å²) in [5, 5.41) is 0. The summed E-state index contributed by atoms with van der Waals surface area (Å²) in [6.07, 6.45) is 0. The molecular formula is C16H22O4S. The zero-order chi connectivity index (χ0) is 16.2. The van der Waals surface area contributed by atoms with Gasteiger partial charge < -0.3 is 4.74 Å². The van der Waals surface area contributed by atoms with Crippen LogP contribution in [0.25, 0.3) is 0 Å². The maximum absolute atomic E-state index is 11.7. The summed E-state index contributed by atoms with van der Waals surface area (Å²) in [6, 6.07) is 1.93. The first kappa shape index (κ1) is 17.6. The topological polar surface area (TPSA) is 60.4 Å². The normalized spacial score (nSPS) is 12.0. The maximum Gasteiger partial charge on any atom is 0.318 e. The summed E-state index contributed by atoms with van der Waals surface area (Å²) in [4.78, 5) is 23.3. The zero-order valence-electron chi connectivity index (χ0n) is 13.2. The number of esters is 1. The van der Waals surface area contributed by atoms with Gasteiger partial charge in [0.1, 0.15) is 12.4 Å². The molecule has 1 rings (SSSR count). The van der Waals surface area contributed by atoms with Crippen molar-refractivity contribution in [3.05, 3.63) is 33.9 Å². The van der Waals surface area contributed by atoms with Gasteiger partial charge in [0.2, 0.25) is 0 Å². The number of ether oxygens (including phenoxy) is 1. The van der Waals surface area contributed by atoms with E-state index in [1.54, 1.807) is 6.92 Å².